The van der Waals surface area contributed by atoms with Gasteiger partial charge in [0.15, 0.2) is 0 Å². The van der Waals surface area contributed by atoms with E-state index in [-0.39, 0.29) is 23.6 Å². The van der Waals surface area contributed by atoms with Gasteiger partial charge in [-0.25, -0.2) is 0 Å². The van der Waals surface area contributed by atoms with E-state index in [1.807, 2.05) is 6.92 Å². The summed E-state index contributed by atoms with van der Waals surface area (Å²) in [6.45, 7) is 3.11. The van der Waals surface area contributed by atoms with Crippen molar-refractivity contribution >= 4 is 23.4 Å². The van der Waals surface area contributed by atoms with Gasteiger partial charge in [-0.15, -0.1) is 11.8 Å². The molecule has 0 bridgehead atoms. The summed E-state index contributed by atoms with van der Waals surface area (Å²) < 4.78 is 0. The number of nitro benzene ring substituents is 1. The molecule has 6 nitrogen and oxygen atoms in total. The van der Waals surface area contributed by atoms with Crippen LogP contribution in [0.3, 0.4) is 0 Å². The Kier molecular flexibility index (Phi) is 5.19. The van der Waals surface area contributed by atoms with E-state index < -0.39 is 4.92 Å². The molecule has 114 valence electrons. The molecule has 0 saturated carbocycles. The van der Waals surface area contributed by atoms with Crippen molar-refractivity contribution < 1.29 is 14.8 Å². The first-order valence-corrected chi connectivity index (χ1v) is 7.79. The van der Waals surface area contributed by atoms with Gasteiger partial charge in [-0.2, -0.15) is 0 Å². The van der Waals surface area contributed by atoms with Gasteiger partial charge in [0.25, 0.3) is 5.69 Å². The number of rotatable bonds is 4. The fourth-order valence-electron chi connectivity index (χ4n) is 2.26. The molecule has 1 aromatic rings. The van der Waals surface area contributed by atoms with E-state index in [0.717, 1.165) is 4.90 Å². The molecule has 7 heteroatoms. The average molecular weight is 310 g/mol. The summed E-state index contributed by atoms with van der Waals surface area (Å²) in [5.41, 5.74) is 0.0459. The van der Waals surface area contributed by atoms with Crippen molar-refractivity contribution in [3.63, 3.8) is 0 Å². The number of aliphatic hydroxyl groups is 1. The molecule has 0 aliphatic carbocycles. The van der Waals surface area contributed by atoms with Gasteiger partial charge in [0.05, 0.1) is 16.8 Å². The van der Waals surface area contributed by atoms with Crippen molar-refractivity contribution in [3.8, 4) is 0 Å². The second-order valence-electron chi connectivity index (χ2n) is 5.21. The first-order valence-electron chi connectivity index (χ1n) is 6.80. The van der Waals surface area contributed by atoms with Gasteiger partial charge in [0, 0.05) is 30.1 Å². The fraction of sp³-hybridized carbons (Fsp3) is 0.500. The Morgan fingerprint density at radius 3 is 2.71 bits per heavy atom. The molecule has 2 unspecified atom stereocenters. The van der Waals surface area contributed by atoms with Crippen LogP contribution in [0.25, 0.3) is 0 Å². The highest BCUT2D eigenvalue weighted by Crippen LogP contribution is 2.23. The zero-order chi connectivity index (χ0) is 15.4. The lowest BCUT2D eigenvalue weighted by Crippen LogP contribution is -2.45. The van der Waals surface area contributed by atoms with Crippen molar-refractivity contribution in [2.75, 3.05) is 18.8 Å². The van der Waals surface area contributed by atoms with E-state index in [4.69, 9.17) is 0 Å². The lowest BCUT2D eigenvalue weighted by Gasteiger charge is -2.34. The average Bonchev–Trinajstić information content (AvgIpc) is 2.48. The van der Waals surface area contributed by atoms with E-state index in [1.165, 1.54) is 23.9 Å². The second-order valence-corrected chi connectivity index (χ2v) is 6.26. The quantitative estimate of drug-likeness (QED) is 0.522. The van der Waals surface area contributed by atoms with Crippen LogP contribution in [0.5, 0.6) is 0 Å². The molecule has 1 saturated heterocycles. The number of non-ortho nitro benzene ring substituents is 1. The van der Waals surface area contributed by atoms with Crippen LogP contribution >= 0.6 is 11.8 Å². The minimum atomic E-state index is -0.444. The molecule has 0 spiro atoms. The molecule has 1 aromatic carbocycles. The molecule has 21 heavy (non-hydrogen) atoms. The van der Waals surface area contributed by atoms with Crippen LogP contribution in [0.4, 0.5) is 5.69 Å². The molecule has 2 atom stereocenters. The minimum Gasteiger partial charge on any atom is -0.393 e. The number of carbonyl (C=O) groups is 1. The standard InChI is InChI=1S/C14H18N2O4S/c1-10-8-15(7-6-13(10)17)14(18)9-21-12-4-2-11(3-5-12)16(19)20/h2-5,10,13,17H,6-9H2,1H3. The number of hydrogen-bond donors (Lipinski definition) is 1. The van der Waals surface area contributed by atoms with Crippen LogP contribution in [-0.2, 0) is 4.79 Å². The van der Waals surface area contributed by atoms with E-state index in [0.29, 0.717) is 25.3 Å². The molecule has 0 radical (unpaired) electrons. The molecule has 1 aliphatic heterocycles. The number of piperidine rings is 1. The highest BCUT2D eigenvalue weighted by atomic mass is 32.2. The summed E-state index contributed by atoms with van der Waals surface area (Å²) in [6, 6.07) is 6.18. The number of nitrogens with zero attached hydrogens (tertiary/aromatic N) is 2. The Morgan fingerprint density at radius 2 is 2.14 bits per heavy atom. The van der Waals surface area contributed by atoms with E-state index in [2.05, 4.69) is 0 Å². The van der Waals surface area contributed by atoms with E-state index in [9.17, 15) is 20.0 Å². The summed E-state index contributed by atoms with van der Waals surface area (Å²) in [5, 5.41) is 20.2. The van der Waals surface area contributed by atoms with Crippen LogP contribution in [-0.4, -0.2) is 45.8 Å². The van der Waals surface area contributed by atoms with Gasteiger partial charge < -0.3 is 10.0 Å². The van der Waals surface area contributed by atoms with Gasteiger partial charge in [-0.3, -0.25) is 14.9 Å². The van der Waals surface area contributed by atoms with Crippen LogP contribution in [0, 0.1) is 16.0 Å². The summed E-state index contributed by atoms with van der Waals surface area (Å²) in [7, 11) is 0. The van der Waals surface area contributed by atoms with Crippen LogP contribution in [0.1, 0.15) is 13.3 Å². The number of likely N-dealkylation sites (tertiary alicyclic amines) is 1. The van der Waals surface area contributed by atoms with Crippen LogP contribution in [0.2, 0.25) is 0 Å². The van der Waals surface area contributed by atoms with Gasteiger partial charge >= 0.3 is 0 Å². The maximum atomic E-state index is 12.1. The van der Waals surface area contributed by atoms with E-state index in [1.54, 1.807) is 17.0 Å². The van der Waals surface area contributed by atoms with Gasteiger partial charge in [-0.05, 0) is 24.5 Å². The summed E-state index contributed by atoms with van der Waals surface area (Å²) >= 11 is 1.37. The number of nitro groups is 1. The largest absolute Gasteiger partial charge is 0.393 e. The molecule has 1 fully saturated rings. The number of hydrogen-bond acceptors (Lipinski definition) is 5. The van der Waals surface area contributed by atoms with E-state index >= 15 is 0 Å². The Balaban J connectivity index is 1.85. The van der Waals surface area contributed by atoms with Crippen molar-refractivity contribution in [1.29, 1.82) is 0 Å². The van der Waals surface area contributed by atoms with Gasteiger partial charge in [0.2, 0.25) is 5.91 Å². The number of aliphatic hydroxyl groups excluding tert-OH is 1. The Bertz CT molecular complexity index is 520. The second kappa shape index (κ2) is 6.91. The lowest BCUT2D eigenvalue weighted by atomic mass is 9.97. The SMILES string of the molecule is CC1CN(C(=O)CSc2ccc([N+](=O)[O-])cc2)CCC1O. The summed E-state index contributed by atoms with van der Waals surface area (Å²) in [5.74, 6) is 0.449. The van der Waals surface area contributed by atoms with Crippen LogP contribution in [0.15, 0.2) is 29.2 Å². The molecule has 1 N–H and O–H groups in total. The number of carbonyl (C=O) groups excluding carboxylic acids is 1. The molecule has 2 rings (SSSR count). The molecule has 1 heterocycles. The topological polar surface area (TPSA) is 83.7 Å². The lowest BCUT2D eigenvalue weighted by molar-refractivity contribution is -0.384. The monoisotopic (exact) mass is 310 g/mol. The number of benzene rings is 1. The molecular formula is C14H18N2O4S. The molecule has 1 amide bonds. The first-order chi connectivity index (χ1) is 9.97. The number of amides is 1. The van der Waals surface area contributed by atoms with Crippen molar-refractivity contribution in [3.05, 3.63) is 34.4 Å². The summed E-state index contributed by atoms with van der Waals surface area (Å²) in [6.07, 6.45) is 0.297. The summed E-state index contributed by atoms with van der Waals surface area (Å²) in [4.78, 5) is 24.8. The number of thioether (sulfide) groups is 1. The zero-order valence-corrected chi connectivity index (χ0v) is 12.6. The highest BCUT2D eigenvalue weighted by molar-refractivity contribution is 8.00. The van der Waals surface area contributed by atoms with Crippen molar-refractivity contribution in [2.24, 2.45) is 5.92 Å². The predicted octanol–water partition coefficient (Wildman–Crippen LogP) is 1.92. The van der Waals surface area contributed by atoms with Gasteiger partial charge in [-0.1, -0.05) is 6.92 Å². The normalized spacial score (nSPS) is 22.1. The highest BCUT2D eigenvalue weighted by Gasteiger charge is 2.26. The van der Waals surface area contributed by atoms with Crippen molar-refractivity contribution in [2.45, 2.75) is 24.3 Å². The molecule has 0 aromatic heterocycles. The van der Waals surface area contributed by atoms with Crippen LogP contribution < -0.4 is 0 Å². The first kappa shape index (κ1) is 15.8. The maximum Gasteiger partial charge on any atom is 0.269 e. The maximum absolute atomic E-state index is 12.1. The molecule has 1 aliphatic rings. The smallest absolute Gasteiger partial charge is 0.269 e. The molecular weight excluding hydrogens is 292 g/mol. The van der Waals surface area contributed by atoms with Gasteiger partial charge in [0.1, 0.15) is 0 Å². The third-order valence-electron chi connectivity index (χ3n) is 3.62. The Hall–Kier alpha value is -1.60. The fourth-order valence-corrected chi connectivity index (χ4v) is 3.06. The van der Waals surface area contributed by atoms with Crippen molar-refractivity contribution in [1.82, 2.24) is 4.90 Å². The third-order valence-corrected chi connectivity index (χ3v) is 4.62. The predicted molar refractivity (Wildman–Crippen MR) is 80.2 cm³/mol. The minimum absolute atomic E-state index is 0.0390. The Morgan fingerprint density at radius 1 is 1.48 bits per heavy atom. The zero-order valence-electron chi connectivity index (χ0n) is 11.8. The third kappa shape index (κ3) is 4.18. The Labute approximate surface area is 127 Å².